The van der Waals surface area contributed by atoms with Crippen LogP contribution in [0.5, 0.6) is 0 Å². The lowest BCUT2D eigenvalue weighted by Gasteiger charge is -1.88. The summed E-state index contributed by atoms with van der Waals surface area (Å²) in [5, 5.41) is 8.93. The molecule has 0 radical (unpaired) electrons. The van der Waals surface area contributed by atoms with Crippen LogP contribution >= 0.6 is 0 Å². The van der Waals surface area contributed by atoms with Gasteiger partial charge in [-0.1, -0.05) is 0 Å². The normalized spacial score (nSPS) is 25.8. The van der Waals surface area contributed by atoms with Crippen LogP contribution < -0.4 is 0 Å². The van der Waals surface area contributed by atoms with Crippen molar-refractivity contribution in [2.45, 2.75) is 0 Å². The van der Waals surface area contributed by atoms with Crippen molar-refractivity contribution in [3.63, 3.8) is 0 Å². The number of hydrogen-bond donors (Lipinski definition) is 1. The minimum atomic E-state index is -3.26. The summed E-state index contributed by atoms with van der Waals surface area (Å²) >= 11 is 0. The van der Waals surface area contributed by atoms with Crippen molar-refractivity contribution in [3.05, 3.63) is 33.8 Å². The Balaban J connectivity index is 2.90. The van der Waals surface area contributed by atoms with Crippen molar-refractivity contribution < 1.29 is 13.5 Å². The second-order valence-electron chi connectivity index (χ2n) is 2.13. The summed E-state index contributed by atoms with van der Waals surface area (Å²) in [6.07, 6.45) is 4.13. The van der Waals surface area contributed by atoms with Crippen molar-refractivity contribution in [2.24, 2.45) is 0 Å². The molecule has 0 amide bonds. The maximum Gasteiger partial charge on any atom is 0.210 e. The summed E-state index contributed by atoms with van der Waals surface area (Å²) in [7, 11) is -3.26. The number of fused-ring (bicyclic) bond motifs is 2. The molecule has 0 aliphatic carbocycles. The van der Waals surface area contributed by atoms with E-state index in [0.717, 1.165) is 0 Å². The van der Waals surface area contributed by atoms with Crippen LogP contribution in [-0.2, 0) is 9.84 Å². The van der Waals surface area contributed by atoms with E-state index in [9.17, 15) is 8.42 Å². The van der Waals surface area contributed by atoms with Gasteiger partial charge in [0.05, 0.1) is 4.91 Å². The highest BCUT2D eigenvalue weighted by Gasteiger charge is 2.33. The van der Waals surface area contributed by atoms with Gasteiger partial charge in [-0.05, 0) is 12.2 Å². The van der Waals surface area contributed by atoms with E-state index in [-0.39, 0.29) is 15.6 Å². The van der Waals surface area contributed by atoms with Crippen LogP contribution in [-0.4, -0.2) is 13.5 Å². The second-order valence-corrected chi connectivity index (χ2v) is 4.05. The summed E-state index contributed by atoms with van der Waals surface area (Å²) in [5.74, 6) is -0.141. The largest absolute Gasteiger partial charge is 0.507 e. The Bertz CT molecular complexity index is 381. The Kier molecular flexibility index (Phi) is 0.771. The molecule has 0 spiro atoms. The smallest absolute Gasteiger partial charge is 0.210 e. The minimum absolute atomic E-state index is 0.0301. The molecule has 52 valence electrons. The molecule has 0 atom stereocenters. The molecule has 0 aromatic heterocycles. The molecule has 0 saturated heterocycles. The van der Waals surface area contributed by atoms with Gasteiger partial charge in [-0.2, -0.15) is 0 Å². The highest BCUT2D eigenvalue weighted by molar-refractivity contribution is 8.00. The highest BCUT2D eigenvalue weighted by atomic mass is 32.2. The third-order valence-electron chi connectivity index (χ3n) is 1.53. The molecule has 2 bridgehead atoms. The quantitative estimate of drug-likeness (QED) is 0.560. The number of rotatable bonds is 0. The fourth-order valence-corrected chi connectivity index (χ4v) is 2.37. The third kappa shape index (κ3) is 0.432. The molecular formula is C6H4O3S. The Morgan fingerprint density at radius 3 is 2.20 bits per heavy atom. The van der Waals surface area contributed by atoms with Gasteiger partial charge in [0.1, 0.15) is 10.7 Å². The zero-order valence-electron chi connectivity index (χ0n) is 4.90. The van der Waals surface area contributed by atoms with Gasteiger partial charge in [-0.15, -0.1) is 0 Å². The molecule has 2 rings (SSSR count). The Morgan fingerprint density at radius 2 is 2.00 bits per heavy atom. The van der Waals surface area contributed by atoms with Crippen LogP contribution in [0.25, 0.3) is 0 Å². The first-order valence-electron chi connectivity index (χ1n) is 2.70. The van der Waals surface area contributed by atoms with E-state index < -0.39 is 9.84 Å². The Morgan fingerprint density at radius 1 is 1.30 bits per heavy atom. The molecule has 0 aromatic carbocycles. The van der Waals surface area contributed by atoms with Crippen molar-refractivity contribution in [2.75, 3.05) is 0 Å². The summed E-state index contributed by atoms with van der Waals surface area (Å²) in [5.41, 5.74) is 0. The molecule has 1 N–H and O–H groups in total. The molecule has 3 nitrogen and oxygen atoms in total. The molecule has 2 aliphatic heterocycles. The first-order chi connectivity index (χ1) is 4.62. The van der Waals surface area contributed by atoms with Gasteiger partial charge in [0.2, 0.25) is 9.84 Å². The van der Waals surface area contributed by atoms with Crippen LogP contribution in [0.2, 0.25) is 0 Å². The number of hydrogen-bond acceptors (Lipinski definition) is 3. The molecule has 0 aromatic rings. The average molecular weight is 156 g/mol. The first-order valence-corrected chi connectivity index (χ1v) is 4.19. The molecule has 2 aliphatic rings. The monoisotopic (exact) mass is 156 g/mol. The van der Waals surface area contributed by atoms with Gasteiger partial charge in [-0.25, -0.2) is 8.42 Å². The number of allylic oxidation sites excluding steroid dienone is 3. The maximum atomic E-state index is 11.0. The lowest BCUT2D eigenvalue weighted by molar-refractivity contribution is 0.431. The van der Waals surface area contributed by atoms with Gasteiger partial charge >= 0.3 is 0 Å². The van der Waals surface area contributed by atoms with Gasteiger partial charge < -0.3 is 5.11 Å². The van der Waals surface area contributed by atoms with Crippen LogP contribution in [0.15, 0.2) is 33.8 Å². The summed E-state index contributed by atoms with van der Waals surface area (Å²) < 4.78 is 22.0. The van der Waals surface area contributed by atoms with Gasteiger partial charge in [0.25, 0.3) is 0 Å². The van der Waals surface area contributed by atoms with E-state index in [2.05, 4.69) is 0 Å². The zero-order valence-corrected chi connectivity index (χ0v) is 5.72. The van der Waals surface area contributed by atoms with E-state index in [1.807, 2.05) is 0 Å². The minimum Gasteiger partial charge on any atom is -0.507 e. The fourth-order valence-electron chi connectivity index (χ4n) is 1.02. The molecular weight excluding hydrogens is 152 g/mol. The van der Waals surface area contributed by atoms with Crippen molar-refractivity contribution >= 4 is 9.84 Å². The van der Waals surface area contributed by atoms with Crippen molar-refractivity contribution in [1.29, 1.82) is 0 Å². The molecule has 0 unspecified atom stereocenters. The lowest BCUT2D eigenvalue weighted by atomic mass is 10.3. The molecule has 0 saturated carbocycles. The molecule has 4 heteroatoms. The van der Waals surface area contributed by atoms with Crippen LogP contribution in [0.1, 0.15) is 0 Å². The molecule has 2 heterocycles. The van der Waals surface area contributed by atoms with E-state index in [1.54, 1.807) is 0 Å². The average Bonchev–Trinajstić information content (AvgIpc) is 2.20. The van der Waals surface area contributed by atoms with E-state index in [1.165, 1.54) is 18.2 Å². The van der Waals surface area contributed by atoms with E-state index in [4.69, 9.17) is 5.11 Å². The lowest BCUT2D eigenvalue weighted by Crippen LogP contribution is -1.93. The summed E-state index contributed by atoms with van der Waals surface area (Å²) in [4.78, 5) is 0.225. The zero-order chi connectivity index (χ0) is 7.35. The van der Waals surface area contributed by atoms with Crippen LogP contribution in [0.3, 0.4) is 0 Å². The van der Waals surface area contributed by atoms with Gasteiger partial charge in [0.15, 0.2) is 0 Å². The maximum absolute atomic E-state index is 11.0. The summed E-state index contributed by atoms with van der Waals surface area (Å²) in [6.45, 7) is 0. The number of aliphatic hydroxyl groups is 1. The van der Waals surface area contributed by atoms with E-state index >= 15 is 0 Å². The Labute approximate surface area is 57.9 Å². The number of sulfone groups is 1. The predicted molar refractivity (Wildman–Crippen MR) is 35.8 cm³/mol. The standard InChI is InChI=1S/C6H4O3S/c7-5-3-4-1-2-6(5)10(4,8)9/h1-3,7H. The Hall–Kier alpha value is -1.03. The van der Waals surface area contributed by atoms with Gasteiger partial charge in [0, 0.05) is 6.08 Å². The van der Waals surface area contributed by atoms with E-state index in [0.29, 0.717) is 0 Å². The topological polar surface area (TPSA) is 54.4 Å². The number of aliphatic hydroxyl groups excluding tert-OH is 1. The first kappa shape index (κ1) is 5.73. The highest BCUT2D eigenvalue weighted by Crippen LogP contribution is 2.35. The second kappa shape index (κ2) is 1.34. The van der Waals surface area contributed by atoms with Crippen molar-refractivity contribution in [3.8, 4) is 0 Å². The van der Waals surface area contributed by atoms with Crippen molar-refractivity contribution in [1.82, 2.24) is 0 Å². The van der Waals surface area contributed by atoms with Crippen LogP contribution in [0, 0.1) is 0 Å². The molecule has 10 heavy (non-hydrogen) atoms. The van der Waals surface area contributed by atoms with Crippen LogP contribution in [0.4, 0.5) is 0 Å². The third-order valence-corrected chi connectivity index (χ3v) is 3.33. The predicted octanol–water partition coefficient (Wildman–Crippen LogP) is 0.638. The fraction of sp³-hybridized carbons (Fsp3) is 0. The SMILES string of the molecule is O=S1(=O)C2=CC(O)=C1C=C2. The molecule has 0 fully saturated rings. The van der Waals surface area contributed by atoms with Gasteiger partial charge in [-0.3, -0.25) is 0 Å². The summed E-state index contributed by atoms with van der Waals surface area (Å²) in [6, 6.07) is 0.